The van der Waals surface area contributed by atoms with Crippen LogP contribution in [0.1, 0.15) is 19.4 Å². The van der Waals surface area contributed by atoms with Crippen LogP contribution in [0.2, 0.25) is 0 Å². The van der Waals surface area contributed by atoms with Gasteiger partial charge in [0.2, 0.25) is 0 Å². The van der Waals surface area contributed by atoms with Gasteiger partial charge in [0.15, 0.2) is 0 Å². The number of nitrogens with one attached hydrogen (secondary N) is 1. The molecule has 4 heteroatoms. The quantitative estimate of drug-likeness (QED) is 0.853. The second-order valence-corrected chi connectivity index (χ2v) is 4.54. The van der Waals surface area contributed by atoms with E-state index < -0.39 is 0 Å². The van der Waals surface area contributed by atoms with Crippen molar-refractivity contribution in [3.05, 3.63) is 35.9 Å². The van der Waals surface area contributed by atoms with E-state index in [9.17, 15) is 4.79 Å². The Morgan fingerprint density at radius 2 is 2.11 bits per heavy atom. The van der Waals surface area contributed by atoms with Gasteiger partial charge < -0.3 is 10.2 Å². The van der Waals surface area contributed by atoms with Gasteiger partial charge in [-0.1, -0.05) is 30.3 Å². The Morgan fingerprint density at radius 3 is 2.68 bits per heavy atom. The lowest BCUT2D eigenvalue weighted by molar-refractivity contribution is 0.197. The average molecular weight is 259 g/mol. The molecule has 2 amide bonds. The Bertz CT molecular complexity index is 425. The van der Waals surface area contributed by atoms with Gasteiger partial charge in [0.25, 0.3) is 0 Å². The van der Waals surface area contributed by atoms with E-state index in [0.717, 1.165) is 6.42 Å². The van der Waals surface area contributed by atoms with Crippen LogP contribution in [0.4, 0.5) is 4.79 Å². The molecule has 0 aromatic heterocycles. The van der Waals surface area contributed by atoms with Crippen LogP contribution in [0.15, 0.2) is 30.3 Å². The number of hydrogen-bond acceptors (Lipinski definition) is 2. The van der Waals surface area contributed by atoms with E-state index in [0.29, 0.717) is 19.6 Å². The van der Waals surface area contributed by atoms with Crippen LogP contribution in [0.25, 0.3) is 0 Å². The van der Waals surface area contributed by atoms with E-state index in [4.69, 9.17) is 5.26 Å². The van der Waals surface area contributed by atoms with Gasteiger partial charge in [0, 0.05) is 19.6 Å². The molecule has 0 aliphatic rings. The van der Waals surface area contributed by atoms with E-state index in [1.165, 1.54) is 5.56 Å². The van der Waals surface area contributed by atoms with Crippen LogP contribution in [0.5, 0.6) is 0 Å². The van der Waals surface area contributed by atoms with Gasteiger partial charge in [-0.05, 0) is 25.8 Å². The summed E-state index contributed by atoms with van der Waals surface area (Å²) in [6.07, 6.45) is 0.817. The number of urea groups is 1. The maximum absolute atomic E-state index is 11.9. The van der Waals surface area contributed by atoms with Crippen LogP contribution in [-0.4, -0.2) is 30.6 Å². The molecule has 4 nitrogen and oxygen atoms in total. The zero-order valence-electron chi connectivity index (χ0n) is 11.6. The molecule has 0 radical (unpaired) electrons. The fourth-order valence-electron chi connectivity index (χ4n) is 1.80. The van der Waals surface area contributed by atoms with Crippen LogP contribution in [0, 0.1) is 17.2 Å². The summed E-state index contributed by atoms with van der Waals surface area (Å²) in [4.78, 5) is 13.6. The van der Waals surface area contributed by atoms with Gasteiger partial charge in [0.1, 0.15) is 0 Å². The normalized spacial score (nSPS) is 11.4. The summed E-state index contributed by atoms with van der Waals surface area (Å²) < 4.78 is 0. The Labute approximate surface area is 115 Å². The van der Waals surface area contributed by atoms with Gasteiger partial charge in [-0.3, -0.25) is 0 Å². The van der Waals surface area contributed by atoms with Crippen molar-refractivity contribution in [1.29, 1.82) is 5.26 Å². The summed E-state index contributed by atoms with van der Waals surface area (Å²) in [5.74, 6) is -0.139. The highest BCUT2D eigenvalue weighted by Crippen LogP contribution is 2.00. The molecule has 0 bridgehead atoms. The first-order valence-electron chi connectivity index (χ1n) is 6.63. The van der Waals surface area contributed by atoms with E-state index >= 15 is 0 Å². The summed E-state index contributed by atoms with van der Waals surface area (Å²) in [6, 6.07) is 12.1. The van der Waals surface area contributed by atoms with Gasteiger partial charge in [0.05, 0.1) is 12.0 Å². The molecule has 0 aliphatic heterocycles. The number of nitriles is 1. The topological polar surface area (TPSA) is 56.1 Å². The molecule has 0 heterocycles. The third-order valence-electron chi connectivity index (χ3n) is 2.92. The highest BCUT2D eigenvalue weighted by atomic mass is 16.2. The highest BCUT2D eigenvalue weighted by molar-refractivity contribution is 5.74. The smallest absolute Gasteiger partial charge is 0.317 e. The Kier molecular flexibility index (Phi) is 6.45. The Balaban J connectivity index is 2.35. The molecule has 1 N–H and O–H groups in total. The van der Waals surface area contributed by atoms with Crippen LogP contribution in [-0.2, 0) is 6.42 Å². The molecule has 0 spiro atoms. The third-order valence-corrected chi connectivity index (χ3v) is 2.92. The lowest BCUT2D eigenvalue weighted by atomic mass is 10.1. The van der Waals surface area contributed by atoms with Crippen molar-refractivity contribution in [1.82, 2.24) is 10.2 Å². The maximum atomic E-state index is 11.9. The van der Waals surface area contributed by atoms with Crippen molar-refractivity contribution < 1.29 is 4.79 Å². The molecule has 1 rings (SSSR count). The summed E-state index contributed by atoms with van der Waals surface area (Å²) in [5.41, 5.74) is 1.20. The van der Waals surface area contributed by atoms with E-state index in [2.05, 4.69) is 11.4 Å². The van der Waals surface area contributed by atoms with Crippen LogP contribution < -0.4 is 5.32 Å². The van der Waals surface area contributed by atoms with Crippen molar-refractivity contribution in [2.24, 2.45) is 5.92 Å². The Hall–Kier alpha value is -2.02. The summed E-state index contributed by atoms with van der Waals surface area (Å²) >= 11 is 0. The first-order chi connectivity index (χ1) is 9.17. The van der Waals surface area contributed by atoms with Gasteiger partial charge in [-0.15, -0.1) is 0 Å². The first kappa shape index (κ1) is 15.0. The van der Waals surface area contributed by atoms with Crippen molar-refractivity contribution in [3.8, 4) is 6.07 Å². The molecule has 1 aromatic rings. The third kappa shape index (κ3) is 5.43. The zero-order valence-corrected chi connectivity index (χ0v) is 11.6. The number of carbonyl (C=O) groups excluding carboxylic acids is 1. The zero-order chi connectivity index (χ0) is 14.1. The summed E-state index contributed by atoms with van der Waals surface area (Å²) in [5, 5.41) is 11.7. The van der Waals surface area contributed by atoms with E-state index in [-0.39, 0.29) is 11.9 Å². The predicted molar refractivity (Wildman–Crippen MR) is 75.6 cm³/mol. The fraction of sp³-hybridized carbons (Fsp3) is 0.467. The van der Waals surface area contributed by atoms with Gasteiger partial charge >= 0.3 is 6.03 Å². The minimum Gasteiger partial charge on any atom is -0.338 e. The molecule has 0 fully saturated rings. The average Bonchev–Trinajstić information content (AvgIpc) is 2.45. The monoisotopic (exact) mass is 259 g/mol. The lowest BCUT2D eigenvalue weighted by Crippen LogP contribution is -2.42. The predicted octanol–water partition coefficient (Wildman–Crippen LogP) is 2.42. The summed E-state index contributed by atoms with van der Waals surface area (Å²) in [6.45, 7) is 5.44. The van der Waals surface area contributed by atoms with Crippen molar-refractivity contribution in [2.45, 2.75) is 20.3 Å². The SMILES string of the molecule is CCN(CC(C)C#N)C(=O)NCCc1ccccc1. The molecule has 0 saturated carbocycles. The number of nitrogens with zero attached hydrogens (tertiary/aromatic N) is 2. The van der Waals surface area contributed by atoms with E-state index in [1.54, 1.807) is 4.90 Å². The Morgan fingerprint density at radius 1 is 1.42 bits per heavy atom. The van der Waals surface area contributed by atoms with Crippen molar-refractivity contribution in [2.75, 3.05) is 19.6 Å². The molecular formula is C15H21N3O. The molecule has 1 aromatic carbocycles. The number of rotatable bonds is 6. The molecule has 0 saturated heterocycles. The molecular weight excluding hydrogens is 238 g/mol. The number of carbonyl (C=O) groups is 1. The standard InChI is InChI=1S/C15H21N3O/c1-3-18(12-13(2)11-16)15(19)17-10-9-14-7-5-4-6-8-14/h4-8,13H,3,9-10,12H2,1-2H3,(H,17,19). The summed E-state index contributed by atoms with van der Waals surface area (Å²) in [7, 11) is 0. The van der Waals surface area contributed by atoms with Crippen LogP contribution in [0.3, 0.4) is 0 Å². The highest BCUT2D eigenvalue weighted by Gasteiger charge is 2.13. The second-order valence-electron chi connectivity index (χ2n) is 4.54. The fourth-order valence-corrected chi connectivity index (χ4v) is 1.80. The minimum atomic E-state index is -0.139. The van der Waals surface area contributed by atoms with Gasteiger partial charge in [-0.2, -0.15) is 5.26 Å². The second kappa shape index (κ2) is 8.15. The minimum absolute atomic E-state index is 0.0967. The molecule has 19 heavy (non-hydrogen) atoms. The van der Waals surface area contributed by atoms with Gasteiger partial charge in [-0.25, -0.2) is 4.79 Å². The molecule has 1 atom stereocenters. The van der Waals surface area contributed by atoms with Crippen LogP contribution >= 0.6 is 0 Å². The number of hydrogen-bond donors (Lipinski definition) is 1. The lowest BCUT2D eigenvalue weighted by Gasteiger charge is -2.22. The molecule has 0 aliphatic carbocycles. The molecule has 102 valence electrons. The maximum Gasteiger partial charge on any atom is 0.317 e. The number of benzene rings is 1. The van der Waals surface area contributed by atoms with Crippen molar-refractivity contribution in [3.63, 3.8) is 0 Å². The molecule has 1 unspecified atom stereocenters. The van der Waals surface area contributed by atoms with E-state index in [1.807, 2.05) is 44.2 Å². The van der Waals surface area contributed by atoms with Crippen molar-refractivity contribution >= 4 is 6.03 Å². The largest absolute Gasteiger partial charge is 0.338 e. The first-order valence-corrected chi connectivity index (χ1v) is 6.63. The number of amides is 2.